The minimum absolute atomic E-state index is 0.00570. The number of hydrogen-bond acceptors (Lipinski definition) is 4. The van der Waals surface area contributed by atoms with Gasteiger partial charge in [0.15, 0.2) is 0 Å². The summed E-state index contributed by atoms with van der Waals surface area (Å²) in [5.41, 5.74) is -0.455. The number of carboxylic acid groups (broad SMARTS) is 1. The molecule has 0 saturated carbocycles. The molecule has 1 unspecified atom stereocenters. The third-order valence-corrected chi connectivity index (χ3v) is 3.98. The van der Waals surface area contributed by atoms with Crippen molar-refractivity contribution in [2.24, 2.45) is 5.92 Å². The van der Waals surface area contributed by atoms with Crippen molar-refractivity contribution in [1.82, 2.24) is 10.2 Å². The molecule has 0 radical (unpaired) electrons. The van der Waals surface area contributed by atoms with Crippen LogP contribution in [0, 0.1) is 5.92 Å². The van der Waals surface area contributed by atoms with Gasteiger partial charge < -0.3 is 20.1 Å². The number of carbonyl (C=O) groups excluding carboxylic acids is 2. The number of hydrogen-bond donors (Lipinski definition) is 2. The van der Waals surface area contributed by atoms with Gasteiger partial charge in [0.25, 0.3) is 0 Å². The molecular formula is C17H19F3N2O5. The molecular weight excluding hydrogens is 369 g/mol. The van der Waals surface area contributed by atoms with Gasteiger partial charge in [-0.05, 0) is 17.7 Å². The van der Waals surface area contributed by atoms with Gasteiger partial charge in [-0.15, -0.1) is 0 Å². The molecule has 2 amide bonds. The zero-order valence-corrected chi connectivity index (χ0v) is 14.3. The number of halogens is 3. The van der Waals surface area contributed by atoms with Crippen LogP contribution < -0.4 is 5.32 Å². The molecule has 0 aliphatic carbocycles. The van der Waals surface area contributed by atoms with Crippen LogP contribution in [0.2, 0.25) is 0 Å². The molecule has 0 bridgehead atoms. The number of alkyl halides is 3. The molecule has 148 valence electrons. The highest BCUT2D eigenvalue weighted by Crippen LogP contribution is 2.30. The van der Waals surface area contributed by atoms with E-state index in [1.54, 1.807) is 0 Å². The van der Waals surface area contributed by atoms with Gasteiger partial charge in [0.1, 0.15) is 6.61 Å². The molecule has 1 aromatic rings. The Hall–Kier alpha value is -2.62. The van der Waals surface area contributed by atoms with Crippen LogP contribution in [0.5, 0.6) is 0 Å². The number of aliphatic carboxylic acids is 1. The van der Waals surface area contributed by atoms with Gasteiger partial charge in [0.2, 0.25) is 11.8 Å². The van der Waals surface area contributed by atoms with Crippen molar-refractivity contribution in [3.8, 4) is 0 Å². The highest BCUT2D eigenvalue weighted by Gasteiger charge is 2.35. The van der Waals surface area contributed by atoms with Crippen molar-refractivity contribution in [3.05, 3.63) is 35.4 Å². The first-order chi connectivity index (χ1) is 12.7. The lowest BCUT2D eigenvalue weighted by molar-refractivity contribution is -0.142. The van der Waals surface area contributed by atoms with E-state index in [9.17, 15) is 27.6 Å². The number of carbonyl (C=O) groups is 3. The average molecular weight is 388 g/mol. The summed E-state index contributed by atoms with van der Waals surface area (Å²) in [4.78, 5) is 35.8. The molecule has 27 heavy (non-hydrogen) atoms. The molecule has 1 fully saturated rings. The fourth-order valence-corrected chi connectivity index (χ4v) is 2.72. The maximum Gasteiger partial charge on any atom is 0.416 e. The Morgan fingerprint density at radius 1 is 1.33 bits per heavy atom. The van der Waals surface area contributed by atoms with Crippen molar-refractivity contribution < 1.29 is 37.4 Å². The van der Waals surface area contributed by atoms with E-state index in [4.69, 9.17) is 9.84 Å². The third-order valence-electron chi connectivity index (χ3n) is 3.98. The minimum Gasteiger partial charge on any atom is -0.480 e. The quantitative estimate of drug-likeness (QED) is 0.654. The topological polar surface area (TPSA) is 95.9 Å². The van der Waals surface area contributed by atoms with Crippen molar-refractivity contribution in [3.63, 3.8) is 0 Å². The van der Waals surface area contributed by atoms with E-state index in [1.807, 2.05) is 0 Å². The van der Waals surface area contributed by atoms with Crippen LogP contribution in [-0.2, 0) is 31.8 Å². The van der Waals surface area contributed by atoms with Crippen molar-refractivity contribution in [2.45, 2.75) is 19.1 Å². The number of nitrogens with zero attached hydrogens (tertiary/aromatic N) is 1. The molecule has 1 heterocycles. The molecule has 1 aliphatic rings. The first-order valence-corrected chi connectivity index (χ1v) is 8.18. The van der Waals surface area contributed by atoms with E-state index in [-0.39, 0.29) is 44.5 Å². The molecule has 2 N–H and O–H groups in total. The summed E-state index contributed by atoms with van der Waals surface area (Å²) < 4.78 is 43.1. The lowest BCUT2D eigenvalue weighted by Gasteiger charge is -2.17. The second-order valence-corrected chi connectivity index (χ2v) is 6.11. The van der Waals surface area contributed by atoms with Gasteiger partial charge in [-0.2, -0.15) is 13.2 Å². The predicted octanol–water partition coefficient (Wildman–Crippen LogP) is 1.27. The van der Waals surface area contributed by atoms with Crippen LogP contribution >= 0.6 is 0 Å². The number of nitrogens with one attached hydrogen (secondary N) is 1. The molecule has 1 saturated heterocycles. The zero-order valence-electron chi connectivity index (χ0n) is 14.3. The van der Waals surface area contributed by atoms with Gasteiger partial charge in [-0.25, -0.2) is 4.79 Å². The van der Waals surface area contributed by atoms with Crippen molar-refractivity contribution in [2.75, 3.05) is 26.3 Å². The Kier molecular flexibility index (Phi) is 6.78. The molecule has 1 aromatic carbocycles. The van der Waals surface area contributed by atoms with E-state index in [0.29, 0.717) is 5.56 Å². The van der Waals surface area contributed by atoms with Crippen LogP contribution in [0.4, 0.5) is 13.2 Å². The van der Waals surface area contributed by atoms with E-state index in [2.05, 4.69) is 5.32 Å². The Morgan fingerprint density at radius 3 is 2.74 bits per heavy atom. The monoisotopic (exact) mass is 388 g/mol. The Morgan fingerprint density at radius 2 is 2.07 bits per heavy atom. The van der Waals surface area contributed by atoms with Gasteiger partial charge in [-0.3, -0.25) is 9.59 Å². The number of ether oxygens (including phenoxy) is 1. The first-order valence-electron chi connectivity index (χ1n) is 8.18. The van der Waals surface area contributed by atoms with E-state index < -0.39 is 30.2 Å². The number of carboxylic acids is 1. The van der Waals surface area contributed by atoms with Gasteiger partial charge >= 0.3 is 12.1 Å². The maximum atomic E-state index is 12.8. The number of amides is 2. The van der Waals surface area contributed by atoms with Crippen LogP contribution in [0.3, 0.4) is 0 Å². The van der Waals surface area contributed by atoms with Crippen LogP contribution in [-0.4, -0.2) is 54.1 Å². The van der Waals surface area contributed by atoms with Gasteiger partial charge in [0.05, 0.1) is 18.1 Å². The second kappa shape index (κ2) is 8.85. The zero-order chi connectivity index (χ0) is 20.0. The fourth-order valence-electron chi connectivity index (χ4n) is 2.72. The van der Waals surface area contributed by atoms with Crippen LogP contribution in [0.25, 0.3) is 0 Å². The molecule has 2 rings (SSSR count). The average Bonchev–Trinajstić information content (AvgIpc) is 2.94. The first kappa shape index (κ1) is 20.7. The number of benzene rings is 1. The van der Waals surface area contributed by atoms with Gasteiger partial charge in [0, 0.05) is 26.1 Å². The number of rotatable bonds is 8. The summed E-state index contributed by atoms with van der Waals surface area (Å²) in [7, 11) is 0. The molecule has 1 atom stereocenters. The van der Waals surface area contributed by atoms with E-state index >= 15 is 0 Å². The maximum absolute atomic E-state index is 12.8. The minimum atomic E-state index is -4.46. The summed E-state index contributed by atoms with van der Waals surface area (Å²) >= 11 is 0. The Bertz CT molecular complexity index is 708. The smallest absolute Gasteiger partial charge is 0.416 e. The molecule has 7 nitrogen and oxygen atoms in total. The second-order valence-electron chi connectivity index (χ2n) is 6.11. The SMILES string of the molecule is O=C(O)COCCNC(=O)C1CC(=O)N(Cc2cccc(C(F)(F)F)c2)C1. The van der Waals surface area contributed by atoms with Crippen LogP contribution in [0.15, 0.2) is 24.3 Å². The summed E-state index contributed by atoms with van der Waals surface area (Å²) in [5, 5.41) is 11.0. The Balaban J connectivity index is 1.84. The summed E-state index contributed by atoms with van der Waals surface area (Å²) in [6.07, 6.45) is -4.49. The largest absolute Gasteiger partial charge is 0.480 e. The van der Waals surface area contributed by atoms with Crippen molar-refractivity contribution >= 4 is 17.8 Å². The highest BCUT2D eigenvalue weighted by atomic mass is 19.4. The highest BCUT2D eigenvalue weighted by molar-refractivity contribution is 5.89. The summed E-state index contributed by atoms with van der Waals surface area (Å²) in [6.45, 7) is -0.245. The lowest BCUT2D eigenvalue weighted by Crippen LogP contribution is -2.35. The summed E-state index contributed by atoms with van der Waals surface area (Å²) in [5.74, 6) is -2.42. The summed E-state index contributed by atoms with van der Waals surface area (Å²) in [6, 6.07) is 4.72. The third kappa shape index (κ3) is 6.24. The van der Waals surface area contributed by atoms with Crippen LogP contribution in [0.1, 0.15) is 17.5 Å². The van der Waals surface area contributed by atoms with Gasteiger partial charge in [-0.1, -0.05) is 12.1 Å². The molecule has 10 heteroatoms. The predicted molar refractivity (Wildman–Crippen MR) is 86.4 cm³/mol. The Labute approximate surface area is 153 Å². The van der Waals surface area contributed by atoms with E-state index in [0.717, 1.165) is 12.1 Å². The number of likely N-dealkylation sites (tertiary alicyclic amines) is 1. The molecule has 0 spiro atoms. The molecule has 0 aromatic heterocycles. The molecule has 1 aliphatic heterocycles. The van der Waals surface area contributed by atoms with E-state index in [1.165, 1.54) is 17.0 Å². The van der Waals surface area contributed by atoms with Crippen molar-refractivity contribution in [1.29, 1.82) is 0 Å². The fraction of sp³-hybridized carbons (Fsp3) is 0.471. The lowest BCUT2D eigenvalue weighted by atomic mass is 10.1. The standard InChI is InChI=1S/C17H19F3N2O5/c18-17(19,20)13-3-1-2-11(6-13)8-22-9-12(7-14(22)23)16(26)21-4-5-27-10-15(24)25/h1-3,6,12H,4-5,7-10H2,(H,21,26)(H,24,25). The normalized spacial score (nSPS) is 17.2.